The molecule has 0 bridgehead atoms. The number of benzene rings is 1. The number of rotatable bonds is 9. The highest BCUT2D eigenvalue weighted by atomic mass is 32.2. The number of halogens is 3. The molecule has 0 spiro atoms. The van der Waals surface area contributed by atoms with Crippen LogP contribution in [0.25, 0.3) is 16.6 Å². The fraction of sp³-hybridized carbons (Fsp3) is 0.148. The monoisotopic (exact) mass is 568 g/mol. The van der Waals surface area contributed by atoms with Crippen molar-refractivity contribution in [3.63, 3.8) is 0 Å². The van der Waals surface area contributed by atoms with E-state index >= 15 is 0 Å². The van der Waals surface area contributed by atoms with E-state index in [0.29, 0.717) is 27.8 Å². The Morgan fingerprint density at radius 3 is 2.67 bits per heavy atom. The highest BCUT2D eigenvalue weighted by molar-refractivity contribution is 8.00. The van der Waals surface area contributed by atoms with Crippen LogP contribution in [0.2, 0.25) is 0 Å². The molecule has 1 aliphatic rings. The van der Waals surface area contributed by atoms with Crippen LogP contribution in [0.1, 0.15) is 28.0 Å². The zero-order valence-corrected chi connectivity index (χ0v) is 22.0. The van der Waals surface area contributed by atoms with E-state index in [1.807, 2.05) is 4.31 Å². The number of carbonyl (C=O) groups excluding carboxylic acids is 1. The molecule has 4 heterocycles. The van der Waals surface area contributed by atoms with Gasteiger partial charge in [-0.1, -0.05) is 13.2 Å². The summed E-state index contributed by atoms with van der Waals surface area (Å²) in [6.45, 7) is 8.74. The number of H-pyrrole nitrogens is 1. The van der Waals surface area contributed by atoms with Gasteiger partial charge in [0.15, 0.2) is 23.2 Å². The van der Waals surface area contributed by atoms with Crippen LogP contribution in [0.4, 0.5) is 24.8 Å². The van der Waals surface area contributed by atoms with Gasteiger partial charge in [0.25, 0.3) is 0 Å². The summed E-state index contributed by atoms with van der Waals surface area (Å²) < 4.78 is 49.3. The van der Waals surface area contributed by atoms with Gasteiger partial charge in [-0.05, 0) is 55.1 Å². The first-order valence-corrected chi connectivity index (χ1v) is 12.9. The molecular weight excluding hydrogens is 545 g/mol. The molecule has 0 amide bonds. The number of aryl methyl sites for hydroxylation is 1. The smallest absolute Gasteiger partial charge is 0.219 e. The first-order chi connectivity index (χ1) is 19.2. The molecule has 1 fully saturated rings. The number of nitrogens with two attached hydrogens (primary N) is 1. The third-order valence-electron chi connectivity index (χ3n) is 6.24. The van der Waals surface area contributed by atoms with Gasteiger partial charge in [-0.25, -0.2) is 18.4 Å². The van der Waals surface area contributed by atoms with Crippen molar-refractivity contribution < 1.29 is 27.8 Å². The molecule has 1 saturated heterocycles. The molecular formula is C27H23F3N6O3S. The molecule has 0 saturated carbocycles. The van der Waals surface area contributed by atoms with Crippen LogP contribution in [0.3, 0.4) is 0 Å². The second-order valence-corrected chi connectivity index (χ2v) is 9.95. The Bertz CT molecular complexity index is 1690. The Balaban J connectivity index is 1.43. The van der Waals surface area contributed by atoms with Crippen molar-refractivity contribution in [2.45, 2.75) is 13.3 Å². The number of carbonyl (C=O) groups is 1. The van der Waals surface area contributed by atoms with Crippen molar-refractivity contribution in [3.05, 3.63) is 90.1 Å². The molecule has 0 atom stereocenters. The minimum Gasteiger partial charge on any atom is -0.433 e. The molecule has 0 radical (unpaired) electrons. The van der Waals surface area contributed by atoms with Gasteiger partial charge in [0.05, 0.1) is 35.0 Å². The maximum Gasteiger partial charge on any atom is 0.219 e. The Kier molecular flexibility index (Phi) is 7.30. The number of nitrogen functional groups attached to an aromatic ring is 1. The normalized spacial score (nSPS) is 13.8. The summed E-state index contributed by atoms with van der Waals surface area (Å²) in [5.41, 5.74) is 8.81. The number of ketones is 1. The zero-order chi connectivity index (χ0) is 28.6. The third-order valence-corrected chi connectivity index (χ3v) is 7.40. The van der Waals surface area contributed by atoms with E-state index in [1.54, 1.807) is 31.0 Å². The lowest BCUT2D eigenvalue weighted by molar-refractivity contribution is -0.00527. The summed E-state index contributed by atoms with van der Waals surface area (Å²) in [5.74, 6) is -2.41. The quantitative estimate of drug-likeness (QED) is 0.106. The molecule has 3 aromatic heterocycles. The topological polar surface area (TPSA) is 111 Å². The molecule has 206 valence electrons. The average molecular weight is 569 g/mol. The second-order valence-electron chi connectivity index (χ2n) is 8.84. The number of allylic oxidation sites excluding steroid dienone is 3. The third kappa shape index (κ3) is 4.91. The van der Waals surface area contributed by atoms with E-state index in [2.05, 4.69) is 33.2 Å². The Labute approximate surface area is 230 Å². The van der Waals surface area contributed by atoms with E-state index < -0.39 is 23.2 Å². The molecule has 9 nitrogen and oxygen atoms in total. The van der Waals surface area contributed by atoms with Crippen LogP contribution >= 0.6 is 11.9 Å². The van der Waals surface area contributed by atoms with Crippen LogP contribution in [0, 0.1) is 6.92 Å². The maximum absolute atomic E-state index is 13.9. The Morgan fingerprint density at radius 2 is 2.02 bits per heavy atom. The number of nitrogens with zero attached hydrogens (tertiary/aromatic N) is 4. The maximum atomic E-state index is 13.9. The Hall–Kier alpha value is -4.65. The van der Waals surface area contributed by atoms with Gasteiger partial charge in [0.2, 0.25) is 11.7 Å². The van der Waals surface area contributed by atoms with E-state index in [0.717, 1.165) is 24.8 Å². The SMILES string of the molecule is C=C/C(F)=C(/Oc1cc(C)c(-n2ncc(C(=O)c3cc4cc(OF)c(N5CCCS5)cc4[nH]3)c2N)cn1)C(=C)F. The fourth-order valence-corrected chi connectivity index (χ4v) is 5.28. The van der Waals surface area contributed by atoms with E-state index in [9.17, 15) is 18.1 Å². The number of nitrogens with one attached hydrogen (secondary N) is 1. The van der Waals surface area contributed by atoms with Crippen LogP contribution in [-0.4, -0.2) is 37.8 Å². The predicted molar refractivity (Wildman–Crippen MR) is 148 cm³/mol. The number of ether oxygens (including phenoxy) is 1. The lowest BCUT2D eigenvalue weighted by Gasteiger charge is -2.17. The number of hydrogen-bond donors (Lipinski definition) is 2. The highest BCUT2D eigenvalue weighted by Gasteiger charge is 2.24. The zero-order valence-electron chi connectivity index (χ0n) is 21.2. The molecule has 1 aliphatic heterocycles. The molecule has 13 heteroatoms. The van der Waals surface area contributed by atoms with Crippen molar-refractivity contribution in [2.24, 2.45) is 0 Å². The van der Waals surface area contributed by atoms with Crippen LogP contribution in [0.15, 0.2) is 73.3 Å². The number of anilines is 2. The minimum atomic E-state index is -1.13. The molecule has 3 N–H and O–H groups in total. The van der Waals surface area contributed by atoms with Crippen molar-refractivity contribution in [1.82, 2.24) is 19.7 Å². The molecule has 1 aromatic carbocycles. The highest BCUT2D eigenvalue weighted by Crippen LogP contribution is 2.39. The predicted octanol–water partition coefficient (Wildman–Crippen LogP) is 6.22. The largest absolute Gasteiger partial charge is 0.433 e. The summed E-state index contributed by atoms with van der Waals surface area (Å²) in [5, 5.41) is 4.83. The molecule has 0 unspecified atom stereocenters. The summed E-state index contributed by atoms with van der Waals surface area (Å²) in [7, 11) is 0. The first-order valence-electron chi connectivity index (χ1n) is 12.0. The first kappa shape index (κ1) is 26.9. The molecule has 40 heavy (non-hydrogen) atoms. The van der Waals surface area contributed by atoms with Crippen molar-refractivity contribution in [1.29, 1.82) is 0 Å². The second kappa shape index (κ2) is 10.8. The van der Waals surface area contributed by atoms with Gasteiger partial charge in [-0.3, -0.25) is 9.74 Å². The van der Waals surface area contributed by atoms with E-state index in [4.69, 9.17) is 10.5 Å². The van der Waals surface area contributed by atoms with Gasteiger partial charge in [0, 0.05) is 33.8 Å². The van der Waals surface area contributed by atoms with E-state index in [-0.39, 0.29) is 28.7 Å². The lowest BCUT2D eigenvalue weighted by atomic mass is 10.1. The van der Waals surface area contributed by atoms with Crippen molar-refractivity contribution in [2.75, 3.05) is 22.3 Å². The number of aromatic nitrogens is 4. The fourth-order valence-electron chi connectivity index (χ4n) is 4.27. The molecule has 0 aliphatic carbocycles. The summed E-state index contributed by atoms with van der Waals surface area (Å²) in [6.07, 6.45) is 4.42. The number of pyridine rings is 1. The summed E-state index contributed by atoms with van der Waals surface area (Å²) in [6, 6.07) is 6.28. The standard InChI is InChI=1S/C27H23F3N6O3S/c1-4-18(29)26(15(3)28)38-24-8-14(2)22(13-32-24)36-27(31)17(12-33-36)25(37)20-9-16-10-23(39-30)21(11-19(16)34-20)35-6-5-7-40-35/h4,8-13,34H,1,3,5-7,31H2,2H3/b26-18-. The number of fused-ring (bicyclic) bond motifs is 1. The van der Waals surface area contributed by atoms with Gasteiger partial charge in [-0.2, -0.15) is 5.10 Å². The summed E-state index contributed by atoms with van der Waals surface area (Å²) in [4.78, 5) is 24.6. The van der Waals surface area contributed by atoms with Gasteiger partial charge >= 0.3 is 0 Å². The molecule has 5 rings (SSSR count). The number of hydrogen-bond acceptors (Lipinski definition) is 8. The van der Waals surface area contributed by atoms with Crippen LogP contribution in [-0.2, 0) is 0 Å². The number of aromatic amines is 1. The van der Waals surface area contributed by atoms with Gasteiger partial charge in [0.1, 0.15) is 5.82 Å². The Morgan fingerprint density at radius 1 is 1.23 bits per heavy atom. The van der Waals surface area contributed by atoms with E-state index in [1.165, 1.54) is 29.2 Å². The van der Waals surface area contributed by atoms with Crippen molar-refractivity contribution >= 4 is 40.1 Å². The van der Waals surface area contributed by atoms with Gasteiger partial charge < -0.3 is 19.8 Å². The minimum absolute atomic E-state index is 0.0413. The summed E-state index contributed by atoms with van der Waals surface area (Å²) >= 11 is 1.58. The lowest BCUT2D eigenvalue weighted by Crippen LogP contribution is -2.09. The van der Waals surface area contributed by atoms with Crippen molar-refractivity contribution in [3.8, 4) is 17.3 Å². The average Bonchev–Trinajstić information content (AvgIpc) is 3.70. The van der Waals surface area contributed by atoms with Crippen LogP contribution < -0.4 is 19.7 Å². The van der Waals surface area contributed by atoms with Gasteiger partial charge in [-0.15, -0.1) is 0 Å². The molecule has 4 aromatic rings. The van der Waals surface area contributed by atoms with Crippen LogP contribution in [0.5, 0.6) is 11.6 Å².